The van der Waals surface area contributed by atoms with Crippen LogP contribution in [-0.4, -0.2) is 72.7 Å². The van der Waals surface area contributed by atoms with Gasteiger partial charge in [-0.2, -0.15) is 0 Å². The van der Waals surface area contributed by atoms with Gasteiger partial charge in [0.15, 0.2) is 5.82 Å². The Bertz CT molecular complexity index is 966. The maximum absolute atomic E-state index is 13.4. The summed E-state index contributed by atoms with van der Waals surface area (Å²) in [4.78, 5) is 38.7. The summed E-state index contributed by atoms with van der Waals surface area (Å²) in [5.41, 5.74) is 2.55. The van der Waals surface area contributed by atoms with E-state index in [2.05, 4.69) is 9.88 Å². The Morgan fingerprint density at radius 3 is 2.59 bits per heavy atom. The molecular formula is C24H30N4O4. The van der Waals surface area contributed by atoms with Crippen LogP contribution < -0.4 is 4.90 Å². The van der Waals surface area contributed by atoms with Crippen molar-refractivity contribution in [3.8, 4) is 11.4 Å². The number of amides is 1. The zero-order valence-electron chi connectivity index (χ0n) is 18.7. The Balaban J connectivity index is 1.58. The second-order valence-corrected chi connectivity index (χ2v) is 8.22. The van der Waals surface area contributed by atoms with E-state index < -0.39 is 0 Å². The standard InChI is InChI=1S/C24H30N4O4/c1-3-32-24(30)18-7-9-28(10-8-18)23(29)20-16-25-21(19-6-4-5-17(2)15-19)26-22(20)27-11-13-31-14-12-27/h4-6,15-16,18H,3,7-14H2,1-2H3. The number of benzene rings is 1. The fourth-order valence-electron chi connectivity index (χ4n) is 4.21. The van der Waals surface area contributed by atoms with E-state index in [-0.39, 0.29) is 17.8 Å². The monoisotopic (exact) mass is 438 g/mol. The molecule has 1 aromatic carbocycles. The van der Waals surface area contributed by atoms with Crippen molar-refractivity contribution in [2.75, 3.05) is 50.9 Å². The number of rotatable bonds is 5. The topological polar surface area (TPSA) is 84.9 Å². The van der Waals surface area contributed by atoms with Gasteiger partial charge in [-0.1, -0.05) is 23.8 Å². The number of likely N-dealkylation sites (tertiary alicyclic amines) is 1. The summed E-state index contributed by atoms with van der Waals surface area (Å²) in [6.45, 7) is 7.81. The average molecular weight is 439 g/mol. The number of morpholine rings is 1. The van der Waals surface area contributed by atoms with Crippen molar-refractivity contribution in [2.45, 2.75) is 26.7 Å². The number of carbonyl (C=O) groups excluding carboxylic acids is 2. The Hall–Kier alpha value is -3.00. The molecule has 2 aromatic rings. The fourth-order valence-corrected chi connectivity index (χ4v) is 4.21. The van der Waals surface area contributed by atoms with Crippen LogP contribution >= 0.6 is 0 Å². The first-order chi connectivity index (χ1) is 15.6. The number of anilines is 1. The number of aryl methyl sites for hydroxylation is 1. The zero-order chi connectivity index (χ0) is 22.5. The summed E-state index contributed by atoms with van der Waals surface area (Å²) < 4.78 is 10.6. The summed E-state index contributed by atoms with van der Waals surface area (Å²) in [6.07, 6.45) is 2.87. The van der Waals surface area contributed by atoms with Gasteiger partial charge in [0.05, 0.1) is 25.7 Å². The highest BCUT2D eigenvalue weighted by molar-refractivity contribution is 5.99. The van der Waals surface area contributed by atoms with E-state index in [0.29, 0.717) is 76.0 Å². The van der Waals surface area contributed by atoms with Crippen LogP contribution in [0.15, 0.2) is 30.5 Å². The smallest absolute Gasteiger partial charge is 0.309 e. The number of hydrogen-bond donors (Lipinski definition) is 0. The van der Waals surface area contributed by atoms with E-state index in [1.165, 1.54) is 0 Å². The average Bonchev–Trinajstić information content (AvgIpc) is 2.84. The van der Waals surface area contributed by atoms with Crippen LogP contribution in [0.5, 0.6) is 0 Å². The van der Waals surface area contributed by atoms with E-state index in [9.17, 15) is 9.59 Å². The van der Waals surface area contributed by atoms with Gasteiger partial charge in [-0.3, -0.25) is 9.59 Å². The molecule has 4 rings (SSSR count). The van der Waals surface area contributed by atoms with Gasteiger partial charge in [-0.05, 0) is 32.8 Å². The Morgan fingerprint density at radius 2 is 1.91 bits per heavy atom. The van der Waals surface area contributed by atoms with Crippen LogP contribution in [0.4, 0.5) is 5.82 Å². The maximum Gasteiger partial charge on any atom is 0.309 e. The SMILES string of the molecule is CCOC(=O)C1CCN(C(=O)c2cnc(-c3cccc(C)c3)nc2N2CCOCC2)CC1. The third-order valence-corrected chi connectivity index (χ3v) is 5.99. The normalized spacial score (nSPS) is 17.3. The van der Waals surface area contributed by atoms with Crippen LogP contribution in [0.25, 0.3) is 11.4 Å². The summed E-state index contributed by atoms with van der Waals surface area (Å²) in [5.74, 6) is 0.854. The molecule has 0 unspecified atom stereocenters. The third kappa shape index (κ3) is 4.91. The summed E-state index contributed by atoms with van der Waals surface area (Å²) in [7, 11) is 0. The Labute approximate surface area is 188 Å². The molecule has 2 aliphatic heterocycles. The van der Waals surface area contributed by atoms with Gasteiger partial charge in [0, 0.05) is 37.9 Å². The largest absolute Gasteiger partial charge is 0.466 e. The minimum Gasteiger partial charge on any atom is -0.466 e. The number of nitrogens with zero attached hydrogens (tertiary/aromatic N) is 4. The van der Waals surface area contributed by atoms with Crippen molar-refractivity contribution in [1.29, 1.82) is 0 Å². The van der Waals surface area contributed by atoms with Crippen LogP contribution in [0.2, 0.25) is 0 Å². The van der Waals surface area contributed by atoms with E-state index in [1.54, 1.807) is 11.1 Å². The zero-order valence-corrected chi connectivity index (χ0v) is 18.7. The van der Waals surface area contributed by atoms with Crippen molar-refractivity contribution in [1.82, 2.24) is 14.9 Å². The van der Waals surface area contributed by atoms with E-state index in [4.69, 9.17) is 14.5 Å². The Kier molecular flexibility index (Phi) is 6.99. The van der Waals surface area contributed by atoms with Crippen LogP contribution in [0.3, 0.4) is 0 Å². The van der Waals surface area contributed by atoms with Crippen molar-refractivity contribution in [3.63, 3.8) is 0 Å². The second-order valence-electron chi connectivity index (χ2n) is 8.22. The molecule has 32 heavy (non-hydrogen) atoms. The predicted molar refractivity (Wildman–Crippen MR) is 120 cm³/mol. The highest BCUT2D eigenvalue weighted by atomic mass is 16.5. The van der Waals surface area contributed by atoms with Crippen LogP contribution in [-0.2, 0) is 14.3 Å². The van der Waals surface area contributed by atoms with Gasteiger partial charge in [-0.15, -0.1) is 0 Å². The number of carbonyl (C=O) groups is 2. The van der Waals surface area contributed by atoms with Gasteiger partial charge < -0.3 is 19.3 Å². The molecule has 2 aliphatic rings. The van der Waals surface area contributed by atoms with Crippen LogP contribution in [0.1, 0.15) is 35.7 Å². The summed E-state index contributed by atoms with van der Waals surface area (Å²) >= 11 is 0. The minimum absolute atomic E-state index is 0.0930. The second kappa shape index (κ2) is 10.1. The molecule has 0 spiro atoms. The fraction of sp³-hybridized carbons (Fsp3) is 0.500. The molecule has 170 valence electrons. The van der Waals surface area contributed by atoms with Crippen molar-refractivity contribution >= 4 is 17.7 Å². The lowest BCUT2D eigenvalue weighted by Crippen LogP contribution is -2.42. The van der Waals surface area contributed by atoms with E-state index >= 15 is 0 Å². The summed E-state index contributed by atoms with van der Waals surface area (Å²) in [5, 5.41) is 0. The molecule has 2 fully saturated rings. The van der Waals surface area contributed by atoms with Crippen molar-refractivity contribution in [2.24, 2.45) is 5.92 Å². The number of hydrogen-bond acceptors (Lipinski definition) is 7. The van der Waals surface area contributed by atoms with Crippen molar-refractivity contribution < 1.29 is 19.1 Å². The van der Waals surface area contributed by atoms with Crippen LogP contribution in [0, 0.1) is 12.8 Å². The summed E-state index contributed by atoms with van der Waals surface area (Å²) in [6, 6.07) is 8.03. The lowest BCUT2D eigenvalue weighted by molar-refractivity contribution is -0.149. The molecule has 3 heterocycles. The molecule has 0 radical (unpaired) electrons. The molecule has 2 saturated heterocycles. The number of aromatic nitrogens is 2. The molecular weight excluding hydrogens is 408 g/mol. The quantitative estimate of drug-likeness (QED) is 0.664. The molecule has 0 atom stereocenters. The number of ether oxygens (including phenoxy) is 2. The molecule has 1 aromatic heterocycles. The highest BCUT2D eigenvalue weighted by Gasteiger charge is 2.31. The minimum atomic E-state index is -0.167. The first-order valence-electron chi connectivity index (χ1n) is 11.3. The lowest BCUT2D eigenvalue weighted by Gasteiger charge is -2.33. The third-order valence-electron chi connectivity index (χ3n) is 5.99. The first-order valence-corrected chi connectivity index (χ1v) is 11.3. The van der Waals surface area contributed by atoms with Gasteiger partial charge in [0.1, 0.15) is 11.4 Å². The van der Waals surface area contributed by atoms with E-state index in [1.807, 2.05) is 38.1 Å². The molecule has 8 heteroatoms. The maximum atomic E-state index is 13.4. The predicted octanol–water partition coefficient (Wildman–Crippen LogP) is 2.70. The first kappa shape index (κ1) is 22.2. The van der Waals surface area contributed by atoms with E-state index in [0.717, 1.165) is 11.1 Å². The molecule has 1 amide bonds. The molecule has 0 aliphatic carbocycles. The van der Waals surface area contributed by atoms with Gasteiger partial charge in [0.2, 0.25) is 0 Å². The van der Waals surface area contributed by atoms with Gasteiger partial charge in [-0.25, -0.2) is 9.97 Å². The molecule has 8 nitrogen and oxygen atoms in total. The van der Waals surface area contributed by atoms with Crippen molar-refractivity contribution in [3.05, 3.63) is 41.6 Å². The molecule has 0 saturated carbocycles. The molecule has 0 N–H and O–H groups in total. The Morgan fingerprint density at radius 1 is 1.16 bits per heavy atom. The number of piperidine rings is 1. The number of esters is 1. The molecule has 0 bridgehead atoms. The van der Waals surface area contributed by atoms with Gasteiger partial charge in [0.25, 0.3) is 5.91 Å². The highest BCUT2D eigenvalue weighted by Crippen LogP contribution is 2.27. The lowest BCUT2D eigenvalue weighted by atomic mass is 9.96. The van der Waals surface area contributed by atoms with Gasteiger partial charge >= 0.3 is 5.97 Å².